The number of hydrogen-bond acceptors (Lipinski definition) is 3. The van der Waals surface area contributed by atoms with Crippen LogP contribution in [-0.4, -0.2) is 0 Å². The van der Waals surface area contributed by atoms with Crippen LogP contribution in [0, 0.1) is 27.7 Å². The number of anilines is 1. The number of nitrogen functional groups attached to an aromatic ring is 1. The van der Waals surface area contributed by atoms with Gasteiger partial charge in [-0.05, 0) is 56.0 Å². The Hall–Kier alpha value is -1.06. The lowest BCUT2D eigenvalue weighted by Crippen LogP contribution is -1.94. The molecule has 0 radical (unpaired) electrons. The number of aryl methyl sites for hydroxylation is 4. The van der Waals surface area contributed by atoms with Gasteiger partial charge in [0.1, 0.15) is 0 Å². The van der Waals surface area contributed by atoms with Gasteiger partial charge in [-0.15, -0.1) is 0 Å². The Balaban J connectivity index is 2.24. The highest BCUT2D eigenvalue weighted by Gasteiger charge is 2.09. The molecule has 0 aliphatic carbocycles. The molecule has 0 saturated carbocycles. The van der Waals surface area contributed by atoms with Crippen LogP contribution in [0.5, 0.6) is 0 Å². The molecule has 0 heterocycles. The van der Waals surface area contributed by atoms with Gasteiger partial charge >= 0.3 is 0 Å². The molecule has 0 atom stereocenters. The summed E-state index contributed by atoms with van der Waals surface area (Å²) in [6, 6.07) is 10.8. The van der Waals surface area contributed by atoms with Crippen LogP contribution >= 0.6 is 21.6 Å². The Bertz CT molecular complexity index is 606. The van der Waals surface area contributed by atoms with Gasteiger partial charge in [0.2, 0.25) is 0 Å². The average molecular weight is 289 g/mol. The van der Waals surface area contributed by atoms with E-state index in [0.717, 1.165) is 11.3 Å². The van der Waals surface area contributed by atoms with Crippen molar-refractivity contribution in [1.82, 2.24) is 0 Å². The molecule has 0 saturated heterocycles. The summed E-state index contributed by atoms with van der Waals surface area (Å²) in [5.74, 6) is 0. The molecular weight excluding hydrogens is 270 g/mol. The third-order valence-electron chi connectivity index (χ3n) is 3.17. The van der Waals surface area contributed by atoms with E-state index in [4.69, 9.17) is 5.73 Å². The first kappa shape index (κ1) is 14.4. The monoisotopic (exact) mass is 289 g/mol. The molecule has 0 unspecified atom stereocenters. The Kier molecular flexibility index (Phi) is 4.48. The van der Waals surface area contributed by atoms with Crippen molar-refractivity contribution in [3.8, 4) is 0 Å². The topological polar surface area (TPSA) is 26.0 Å². The van der Waals surface area contributed by atoms with Gasteiger partial charge in [-0.1, -0.05) is 45.9 Å². The highest BCUT2D eigenvalue weighted by molar-refractivity contribution is 8.76. The molecule has 0 bridgehead atoms. The minimum absolute atomic E-state index is 0.905. The predicted octanol–water partition coefficient (Wildman–Crippen LogP) is 5.30. The molecule has 100 valence electrons. The summed E-state index contributed by atoms with van der Waals surface area (Å²) in [6.45, 7) is 8.44. The fourth-order valence-corrected chi connectivity index (χ4v) is 4.58. The van der Waals surface area contributed by atoms with E-state index in [-0.39, 0.29) is 0 Å². The van der Waals surface area contributed by atoms with E-state index in [2.05, 4.69) is 58.0 Å². The summed E-state index contributed by atoms with van der Waals surface area (Å²) in [5.41, 5.74) is 12.1. The molecule has 0 spiro atoms. The second-order valence-electron chi connectivity index (χ2n) is 4.88. The molecule has 3 heteroatoms. The van der Waals surface area contributed by atoms with Gasteiger partial charge in [0, 0.05) is 15.5 Å². The zero-order chi connectivity index (χ0) is 14.0. The smallest absolute Gasteiger partial charge is 0.0493 e. The summed E-state index contributed by atoms with van der Waals surface area (Å²) >= 11 is 0. The first-order chi connectivity index (χ1) is 8.99. The van der Waals surface area contributed by atoms with Crippen LogP contribution < -0.4 is 5.73 Å². The van der Waals surface area contributed by atoms with E-state index in [1.807, 2.05) is 0 Å². The van der Waals surface area contributed by atoms with E-state index in [0.29, 0.717) is 0 Å². The lowest BCUT2D eigenvalue weighted by molar-refractivity contribution is 1.26. The molecular formula is C16H19NS2. The van der Waals surface area contributed by atoms with Gasteiger partial charge in [-0.2, -0.15) is 0 Å². The van der Waals surface area contributed by atoms with Crippen LogP contribution in [0.15, 0.2) is 40.1 Å². The van der Waals surface area contributed by atoms with Crippen molar-refractivity contribution < 1.29 is 0 Å². The van der Waals surface area contributed by atoms with Crippen molar-refractivity contribution in [1.29, 1.82) is 0 Å². The van der Waals surface area contributed by atoms with Crippen LogP contribution in [0.1, 0.15) is 22.3 Å². The fourth-order valence-electron chi connectivity index (χ4n) is 1.80. The Labute approximate surface area is 123 Å². The summed E-state index contributed by atoms with van der Waals surface area (Å²) in [7, 11) is 3.54. The van der Waals surface area contributed by atoms with Crippen molar-refractivity contribution in [3.63, 3.8) is 0 Å². The zero-order valence-electron chi connectivity index (χ0n) is 11.8. The number of nitrogens with two attached hydrogens (primary N) is 1. The maximum atomic E-state index is 6.18. The van der Waals surface area contributed by atoms with E-state index in [1.54, 1.807) is 21.6 Å². The summed E-state index contributed by atoms with van der Waals surface area (Å²) in [5, 5.41) is 0. The van der Waals surface area contributed by atoms with Gasteiger partial charge in [-0.3, -0.25) is 0 Å². The molecule has 0 aromatic heterocycles. The van der Waals surface area contributed by atoms with Gasteiger partial charge < -0.3 is 5.73 Å². The molecule has 2 N–H and O–H groups in total. The minimum atomic E-state index is 0.905. The maximum absolute atomic E-state index is 6.18. The largest absolute Gasteiger partial charge is 0.398 e. The fraction of sp³-hybridized carbons (Fsp3) is 0.250. The molecule has 19 heavy (non-hydrogen) atoms. The highest BCUT2D eigenvalue weighted by atomic mass is 33.1. The highest BCUT2D eigenvalue weighted by Crippen LogP contribution is 2.43. The summed E-state index contributed by atoms with van der Waals surface area (Å²) < 4.78 is 0. The normalized spacial score (nSPS) is 10.7. The zero-order valence-corrected chi connectivity index (χ0v) is 13.4. The third-order valence-corrected chi connectivity index (χ3v) is 5.87. The minimum Gasteiger partial charge on any atom is -0.398 e. The summed E-state index contributed by atoms with van der Waals surface area (Å²) in [4.78, 5) is 2.50. The molecule has 0 amide bonds. The van der Waals surface area contributed by atoms with Crippen molar-refractivity contribution in [2.45, 2.75) is 37.5 Å². The van der Waals surface area contributed by atoms with Crippen LogP contribution in [-0.2, 0) is 0 Å². The number of hydrogen-bond donors (Lipinski definition) is 1. The quantitative estimate of drug-likeness (QED) is 0.613. The third kappa shape index (κ3) is 3.28. The lowest BCUT2D eigenvalue weighted by atomic mass is 10.1. The maximum Gasteiger partial charge on any atom is 0.0493 e. The molecule has 2 rings (SSSR count). The number of benzene rings is 2. The SMILES string of the molecule is Cc1ccc(C)c(SSc2c(C)ccc(C)c2N)c1. The van der Waals surface area contributed by atoms with Crippen LogP contribution in [0.4, 0.5) is 5.69 Å². The Morgan fingerprint density at radius 3 is 2.16 bits per heavy atom. The van der Waals surface area contributed by atoms with Crippen LogP contribution in [0.25, 0.3) is 0 Å². The van der Waals surface area contributed by atoms with Crippen molar-refractivity contribution >= 4 is 27.3 Å². The van der Waals surface area contributed by atoms with Crippen molar-refractivity contribution in [2.24, 2.45) is 0 Å². The number of rotatable bonds is 3. The second-order valence-corrected chi connectivity index (χ2v) is 7.06. The van der Waals surface area contributed by atoms with Gasteiger partial charge in [0.05, 0.1) is 0 Å². The lowest BCUT2D eigenvalue weighted by Gasteiger charge is -2.12. The standard InChI is InChI=1S/C16H19NS2/c1-10-5-6-11(2)14(9-10)18-19-16-13(4)8-7-12(3)15(16)17/h5-9H,17H2,1-4H3. The molecule has 1 nitrogen and oxygen atoms in total. The van der Waals surface area contributed by atoms with Crippen LogP contribution in [0.3, 0.4) is 0 Å². The van der Waals surface area contributed by atoms with Crippen molar-refractivity contribution in [3.05, 3.63) is 52.6 Å². The first-order valence-corrected chi connectivity index (χ1v) is 8.41. The first-order valence-electron chi connectivity index (χ1n) is 6.26. The summed E-state index contributed by atoms with van der Waals surface area (Å²) in [6.07, 6.45) is 0. The van der Waals surface area contributed by atoms with E-state index in [9.17, 15) is 0 Å². The molecule has 2 aromatic rings. The average Bonchev–Trinajstić information content (AvgIpc) is 2.38. The van der Waals surface area contributed by atoms with Gasteiger partial charge in [0.15, 0.2) is 0 Å². The Morgan fingerprint density at radius 2 is 1.42 bits per heavy atom. The molecule has 2 aromatic carbocycles. The van der Waals surface area contributed by atoms with Crippen LogP contribution in [0.2, 0.25) is 0 Å². The second kappa shape index (κ2) is 5.93. The molecule has 0 aliphatic heterocycles. The van der Waals surface area contributed by atoms with Crippen molar-refractivity contribution in [2.75, 3.05) is 5.73 Å². The predicted molar refractivity (Wildman–Crippen MR) is 88.0 cm³/mol. The Morgan fingerprint density at radius 1 is 0.789 bits per heavy atom. The van der Waals surface area contributed by atoms with Gasteiger partial charge in [0.25, 0.3) is 0 Å². The van der Waals surface area contributed by atoms with Gasteiger partial charge in [-0.25, -0.2) is 0 Å². The van der Waals surface area contributed by atoms with E-state index in [1.165, 1.54) is 26.5 Å². The van der Waals surface area contributed by atoms with E-state index < -0.39 is 0 Å². The molecule has 0 fully saturated rings. The molecule has 0 aliphatic rings. The van der Waals surface area contributed by atoms with E-state index >= 15 is 0 Å².